The van der Waals surface area contributed by atoms with E-state index >= 15 is 0 Å². The Labute approximate surface area is 246 Å². The van der Waals surface area contributed by atoms with Gasteiger partial charge in [-0.25, -0.2) is 4.90 Å². The number of imide groups is 1. The number of rotatable bonds is 5. The molecule has 1 N–H and O–H groups in total. The molecule has 3 heterocycles. The van der Waals surface area contributed by atoms with E-state index in [9.17, 15) is 32.3 Å². The number of carbonyl (C=O) groups is 3. The van der Waals surface area contributed by atoms with Gasteiger partial charge in [-0.3, -0.25) is 23.7 Å². The molecule has 12 heteroatoms. The van der Waals surface area contributed by atoms with Crippen LogP contribution >= 0.6 is 23.1 Å². The molecule has 1 aromatic heterocycles. The highest BCUT2D eigenvalue weighted by atomic mass is 32.2. The van der Waals surface area contributed by atoms with Gasteiger partial charge in [0.15, 0.2) is 0 Å². The second kappa shape index (κ2) is 10.6. The van der Waals surface area contributed by atoms with E-state index in [4.69, 9.17) is 0 Å². The van der Waals surface area contributed by atoms with Crippen molar-refractivity contribution >= 4 is 52.2 Å². The lowest BCUT2D eigenvalue weighted by molar-refractivity contribution is -0.137. The van der Waals surface area contributed by atoms with Gasteiger partial charge in [0.05, 0.1) is 22.2 Å². The van der Waals surface area contributed by atoms with E-state index in [1.165, 1.54) is 10.6 Å². The fourth-order valence-electron chi connectivity index (χ4n) is 5.33. The number of hydrogen-bond acceptors (Lipinski definition) is 6. The number of fused-ring (bicyclic) bond motifs is 2. The number of anilines is 2. The number of carbonyl (C=O) groups excluding carboxylic acids is 3. The van der Waals surface area contributed by atoms with E-state index in [-0.39, 0.29) is 12.2 Å². The van der Waals surface area contributed by atoms with Gasteiger partial charge in [0.1, 0.15) is 11.8 Å². The third kappa shape index (κ3) is 4.94. The molecule has 2 aliphatic heterocycles. The molecule has 7 nitrogen and oxygen atoms in total. The first-order valence-corrected chi connectivity index (χ1v) is 14.6. The molecule has 1 saturated heterocycles. The van der Waals surface area contributed by atoms with Crippen molar-refractivity contribution in [3.05, 3.63) is 110 Å². The number of amides is 3. The van der Waals surface area contributed by atoms with Crippen LogP contribution in [0.1, 0.15) is 27.5 Å². The number of benzene rings is 3. The van der Waals surface area contributed by atoms with Crippen LogP contribution in [0, 0.1) is 12.8 Å². The fraction of sp³-hybridized carbons (Fsp3) is 0.200. The van der Waals surface area contributed by atoms with Crippen LogP contribution in [0.15, 0.2) is 88.7 Å². The van der Waals surface area contributed by atoms with E-state index in [1.807, 2.05) is 19.1 Å². The number of thioether (sulfide) groups is 1. The Kier molecular flexibility index (Phi) is 7.06. The minimum Gasteiger partial charge on any atom is -0.325 e. The molecular formula is C30H22F3N3O4S2. The normalized spacial score (nSPS) is 19.9. The van der Waals surface area contributed by atoms with Crippen molar-refractivity contribution in [1.29, 1.82) is 0 Å². The second-order valence-electron chi connectivity index (χ2n) is 10.1. The minimum absolute atomic E-state index is 0.167. The van der Waals surface area contributed by atoms with Crippen LogP contribution in [-0.2, 0) is 27.1 Å². The van der Waals surface area contributed by atoms with Crippen molar-refractivity contribution in [2.75, 3.05) is 10.2 Å². The summed E-state index contributed by atoms with van der Waals surface area (Å²) in [6, 6.07) is 20.2. The largest absolute Gasteiger partial charge is 0.416 e. The highest BCUT2D eigenvalue weighted by Gasteiger charge is 2.57. The summed E-state index contributed by atoms with van der Waals surface area (Å²) in [7, 11) is 0. The lowest BCUT2D eigenvalue weighted by atomic mass is 9.83. The van der Waals surface area contributed by atoms with Crippen LogP contribution in [0.25, 0.3) is 0 Å². The van der Waals surface area contributed by atoms with Crippen LogP contribution < -0.4 is 15.1 Å². The molecule has 4 aromatic rings. The molecule has 3 atom stereocenters. The maximum absolute atomic E-state index is 13.9. The summed E-state index contributed by atoms with van der Waals surface area (Å²) in [6.45, 7) is 1.60. The number of aryl methyl sites for hydroxylation is 1. The number of nitrogens with zero attached hydrogens (tertiary/aromatic N) is 2. The molecule has 6 rings (SSSR count). The molecule has 214 valence electrons. The number of alkyl halides is 3. The monoisotopic (exact) mass is 609 g/mol. The SMILES string of the molecule is Cc1ccc(NC(=O)Cn2c3c(sc2=O)[C@@H](c2ccccc2)[C@H]2C(=O)N(c4cccc(C(F)(F)F)c4)C(=O)[C@H]2S3)cc1. The summed E-state index contributed by atoms with van der Waals surface area (Å²) in [5.41, 5.74) is 1.11. The Bertz CT molecular complexity index is 1770. The van der Waals surface area contributed by atoms with Gasteiger partial charge >= 0.3 is 11.0 Å². The minimum atomic E-state index is -4.66. The molecule has 42 heavy (non-hydrogen) atoms. The number of hydrogen-bond donors (Lipinski definition) is 1. The van der Waals surface area contributed by atoms with Crippen LogP contribution in [0.2, 0.25) is 0 Å². The van der Waals surface area contributed by atoms with E-state index in [1.54, 1.807) is 42.5 Å². The predicted octanol–water partition coefficient (Wildman–Crippen LogP) is 5.67. The first-order valence-electron chi connectivity index (χ1n) is 12.9. The highest BCUT2D eigenvalue weighted by molar-refractivity contribution is 8.00. The van der Waals surface area contributed by atoms with E-state index in [0.717, 1.165) is 51.8 Å². The van der Waals surface area contributed by atoms with Crippen molar-refractivity contribution < 1.29 is 27.6 Å². The average molecular weight is 610 g/mol. The first-order chi connectivity index (χ1) is 20.0. The Morgan fingerprint density at radius 2 is 1.64 bits per heavy atom. The van der Waals surface area contributed by atoms with Crippen molar-refractivity contribution in [3.8, 4) is 0 Å². The summed E-state index contributed by atoms with van der Waals surface area (Å²) < 4.78 is 41.7. The quantitative estimate of drug-likeness (QED) is 0.295. The molecule has 0 aliphatic carbocycles. The maximum Gasteiger partial charge on any atom is 0.416 e. The molecule has 0 spiro atoms. The van der Waals surface area contributed by atoms with Gasteiger partial charge in [-0.1, -0.05) is 77.2 Å². The zero-order chi connectivity index (χ0) is 29.8. The first kappa shape index (κ1) is 28.0. The molecule has 2 aliphatic rings. The number of thiazole rings is 1. The fourth-order valence-corrected chi connectivity index (χ4v) is 8.10. The van der Waals surface area contributed by atoms with Crippen molar-refractivity contribution in [2.45, 2.75) is 35.8 Å². The van der Waals surface area contributed by atoms with Gasteiger partial charge in [0.2, 0.25) is 17.7 Å². The highest BCUT2D eigenvalue weighted by Crippen LogP contribution is 2.54. The summed E-state index contributed by atoms with van der Waals surface area (Å²) in [6.07, 6.45) is -4.66. The van der Waals surface area contributed by atoms with E-state index in [2.05, 4.69) is 5.32 Å². The van der Waals surface area contributed by atoms with Crippen LogP contribution in [-0.4, -0.2) is 27.5 Å². The maximum atomic E-state index is 13.9. The Hall–Kier alpha value is -4.16. The summed E-state index contributed by atoms with van der Waals surface area (Å²) in [5.74, 6) is -3.42. The topological polar surface area (TPSA) is 88.5 Å². The lowest BCUT2D eigenvalue weighted by Crippen LogP contribution is -2.33. The van der Waals surface area contributed by atoms with Gasteiger partial charge in [-0.15, -0.1) is 0 Å². The molecule has 3 aromatic carbocycles. The number of aromatic nitrogens is 1. The van der Waals surface area contributed by atoms with Gasteiger partial charge in [-0.05, 0) is 42.8 Å². The smallest absolute Gasteiger partial charge is 0.325 e. The standard InChI is InChI=1S/C30H22F3N3O4S2/c1-16-10-12-19(13-11-16)34-21(37)15-35-28-25(42-29(35)40)22(17-6-3-2-4-7-17)23-24(41-28)27(39)36(26(23)38)20-9-5-8-18(14-20)30(31,32)33/h2-14,22-24H,15H2,1H3,(H,34,37)/t22-,23+,24-/m0/s1. The number of nitrogens with one attached hydrogen (secondary N) is 1. The Morgan fingerprint density at radius 1 is 0.929 bits per heavy atom. The Morgan fingerprint density at radius 3 is 2.33 bits per heavy atom. The summed E-state index contributed by atoms with van der Waals surface area (Å²) >= 11 is 1.90. The van der Waals surface area contributed by atoms with Gasteiger partial charge < -0.3 is 5.32 Å². The van der Waals surface area contributed by atoms with Crippen LogP contribution in [0.3, 0.4) is 0 Å². The molecule has 3 amide bonds. The van der Waals surface area contributed by atoms with Crippen molar-refractivity contribution in [1.82, 2.24) is 4.57 Å². The number of halogens is 3. The summed E-state index contributed by atoms with van der Waals surface area (Å²) in [4.78, 5) is 54.7. The van der Waals surface area contributed by atoms with Gasteiger partial charge in [0, 0.05) is 16.5 Å². The molecule has 1 fully saturated rings. The van der Waals surface area contributed by atoms with Gasteiger partial charge in [-0.2, -0.15) is 13.2 Å². The lowest BCUT2D eigenvalue weighted by Gasteiger charge is -2.30. The molecule has 0 unspecified atom stereocenters. The van der Waals surface area contributed by atoms with Crippen LogP contribution in [0.5, 0.6) is 0 Å². The molecular weight excluding hydrogens is 587 g/mol. The molecule has 0 saturated carbocycles. The Balaban J connectivity index is 1.39. The second-order valence-corrected chi connectivity index (χ2v) is 12.2. The molecule has 0 radical (unpaired) electrons. The predicted molar refractivity (Wildman–Crippen MR) is 154 cm³/mol. The zero-order valence-electron chi connectivity index (χ0n) is 21.9. The third-order valence-corrected chi connectivity index (χ3v) is 9.88. The van der Waals surface area contributed by atoms with Crippen molar-refractivity contribution in [3.63, 3.8) is 0 Å². The van der Waals surface area contributed by atoms with Crippen LogP contribution in [0.4, 0.5) is 24.5 Å². The summed E-state index contributed by atoms with van der Waals surface area (Å²) in [5, 5.41) is 2.15. The van der Waals surface area contributed by atoms with E-state index in [0.29, 0.717) is 21.2 Å². The van der Waals surface area contributed by atoms with Crippen molar-refractivity contribution in [2.24, 2.45) is 5.92 Å². The molecule has 0 bridgehead atoms. The van der Waals surface area contributed by atoms with E-state index < -0.39 is 51.4 Å². The van der Waals surface area contributed by atoms with Gasteiger partial charge in [0.25, 0.3) is 0 Å². The zero-order valence-corrected chi connectivity index (χ0v) is 23.6. The average Bonchev–Trinajstić information content (AvgIpc) is 3.40. The third-order valence-electron chi connectivity index (χ3n) is 7.28.